The average Bonchev–Trinajstić information content (AvgIpc) is 2.30. The number of ether oxygens (including phenoxy) is 1. The molecule has 1 aromatic rings. The highest BCUT2D eigenvalue weighted by Gasteiger charge is 2.20. The van der Waals surface area contributed by atoms with Gasteiger partial charge in [0.1, 0.15) is 0 Å². The van der Waals surface area contributed by atoms with Gasteiger partial charge >= 0.3 is 0 Å². The van der Waals surface area contributed by atoms with Gasteiger partial charge in [0.05, 0.1) is 18.4 Å². The van der Waals surface area contributed by atoms with Crippen LogP contribution in [0.3, 0.4) is 0 Å². The van der Waals surface area contributed by atoms with Crippen LogP contribution in [0.25, 0.3) is 0 Å². The van der Waals surface area contributed by atoms with E-state index in [2.05, 4.69) is 33.0 Å². The molecule has 1 aliphatic heterocycles. The van der Waals surface area contributed by atoms with Gasteiger partial charge in [-0.1, -0.05) is 12.1 Å². The van der Waals surface area contributed by atoms with Crippen LogP contribution in [-0.2, 0) is 4.74 Å². The number of hydrogen-bond acceptors (Lipinski definition) is 3. The second-order valence-corrected chi connectivity index (χ2v) is 4.48. The van der Waals surface area contributed by atoms with Crippen molar-refractivity contribution in [2.75, 3.05) is 31.1 Å². The molecule has 15 heavy (non-hydrogen) atoms. The molecule has 0 saturated carbocycles. The van der Waals surface area contributed by atoms with Crippen molar-refractivity contribution in [2.45, 2.75) is 6.10 Å². The fraction of sp³-hybridized carbons (Fsp3) is 0.455. The molecule has 0 aliphatic carbocycles. The second kappa shape index (κ2) is 4.96. The molecule has 0 amide bonds. The first-order valence-electron chi connectivity index (χ1n) is 5.12. The van der Waals surface area contributed by atoms with Crippen LogP contribution < -0.4 is 10.6 Å². The van der Waals surface area contributed by atoms with Gasteiger partial charge in [0, 0.05) is 24.1 Å². The minimum Gasteiger partial charge on any atom is -0.373 e. The van der Waals surface area contributed by atoms with E-state index in [1.807, 2.05) is 12.1 Å². The van der Waals surface area contributed by atoms with E-state index in [1.165, 1.54) is 5.69 Å². The van der Waals surface area contributed by atoms with E-state index in [-0.39, 0.29) is 6.10 Å². The van der Waals surface area contributed by atoms with Gasteiger partial charge in [0.15, 0.2) is 0 Å². The first-order chi connectivity index (χ1) is 7.31. The van der Waals surface area contributed by atoms with Crippen molar-refractivity contribution in [3.8, 4) is 0 Å². The number of halogens is 1. The Bertz CT molecular complexity index is 332. The largest absolute Gasteiger partial charge is 0.373 e. The zero-order valence-corrected chi connectivity index (χ0v) is 10.1. The zero-order valence-electron chi connectivity index (χ0n) is 8.53. The van der Waals surface area contributed by atoms with Crippen LogP contribution in [0, 0.1) is 0 Å². The zero-order chi connectivity index (χ0) is 10.7. The fourth-order valence-electron chi connectivity index (χ4n) is 1.79. The summed E-state index contributed by atoms with van der Waals surface area (Å²) in [5, 5.41) is 0. The van der Waals surface area contributed by atoms with Crippen molar-refractivity contribution in [3.05, 3.63) is 28.7 Å². The van der Waals surface area contributed by atoms with E-state index >= 15 is 0 Å². The van der Waals surface area contributed by atoms with Gasteiger partial charge in [-0.15, -0.1) is 0 Å². The highest BCUT2D eigenvalue weighted by atomic mass is 79.9. The first-order valence-corrected chi connectivity index (χ1v) is 5.91. The molecule has 0 radical (unpaired) electrons. The van der Waals surface area contributed by atoms with Gasteiger partial charge in [-0.2, -0.15) is 0 Å². The molecular formula is C11H15BrN2O. The summed E-state index contributed by atoms with van der Waals surface area (Å²) in [4.78, 5) is 2.31. The predicted octanol–water partition coefficient (Wildman–Crippen LogP) is 1.61. The third-order valence-electron chi connectivity index (χ3n) is 2.59. The third-order valence-corrected chi connectivity index (χ3v) is 3.27. The van der Waals surface area contributed by atoms with Crippen LogP contribution in [0.15, 0.2) is 28.7 Å². The Morgan fingerprint density at radius 1 is 1.47 bits per heavy atom. The van der Waals surface area contributed by atoms with Crippen molar-refractivity contribution >= 4 is 21.6 Å². The summed E-state index contributed by atoms with van der Waals surface area (Å²) in [6, 6.07) is 8.24. The summed E-state index contributed by atoms with van der Waals surface area (Å²) in [6.07, 6.45) is 0.158. The van der Waals surface area contributed by atoms with Gasteiger partial charge in [0.25, 0.3) is 0 Å². The molecule has 0 bridgehead atoms. The lowest BCUT2D eigenvalue weighted by atomic mass is 10.2. The molecule has 1 atom stereocenters. The maximum Gasteiger partial charge on any atom is 0.0872 e. The Hall–Kier alpha value is -0.580. The van der Waals surface area contributed by atoms with E-state index in [0.29, 0.717) is 6.54 Å². The van der Waals surface area contributed by atoms with E-state index in [4.69, 9.17) is 10.5 Å². The average molecular weight is 271 g/mol. The molecule has 1 unspecified atom stereocenters. The number of morpholine rings is 1. The molecular weight excluding hydrogens is 256 g/mol. The number of benzene rings is 1. The van der Waals surface area contributed by atoms with Gasteiger partial charge in [-0.3, -0.25) is 0 Å². The van der Waals surface area contributed by atoms with Gasteiger partial charge in [-0.05, 0) is 28.1 Å². The maximum absolute atomic E-state index is 5.62. The lowest BCUT2D eigenvalue weighted by Gasteiger charge is -2.34. The number of nitrogens with two attached hydrogens (primary N) is 1. The summed E-state index contributed by atoms with van der Waals surface area (Å²) < 4.78 is 6.66. The molecule has 1 aliphatic rings. The maximum atomic E-state index is 5.62. The molecule has 82 valence electrons. The second-order valence-electron chi connectivity index (χ2n) is 3.63. The monoisotopic (exact) mass is 270 g/mol. The minimum absolute atomic E-state index is 0.158. The summed E-state index contributed by atoms with van der Waals surface area (Å²) in [7, 11) is 0. The van der Waals surface area contributed by atoms with Crippen LogP contribution in [0.1, 0.15) is 0 Å². The van der Waals surface area contributed by atoms with E-state index in [1.54, 1.807) is 0 Å². The topological polar surface area (TPSA) is 38.5 Å². The van der Waals surface area contributed by atoms with Crippen molar-refractivity contribution in [1.82, 2.24) is 0 Å². The van der Waals surface area contributed by atoms with Crippen LogP contribution in [0.5, 0.6) is 0 Å². The smallest absolute Gasteiger partial charge is 0.0872 e. The van der Waals surface area contributed by atoms with Crippen molar-refractivity contribution in [3.63, 3.8) is 0 Å². The Balaban J connectivity index is 2.13. The summed E-state index contributed by atoms with van der Waals surface area (Å²) in [5.74, 6) is 0. The van der Waals surface area contributed by atoms with Crippen molar-refractivity contribution in [2.24, 2.45) is 5.73 Å². The predicted molar refractivity (Wildman–Crippen MR) is 65.1 cm³/mol. The molecule has 2 N–H and O–H groups in total. The molecule has 1 heterocycles. The SMILES string of the molecule is NCC1CN(c2ccccc2Br)CCO1. The summed E-state index contributed by atoms with van der Waals surface area (Å²) >= 11 is 3.56. The lowest BCUT2D eigenvalue weighted by molar-refractivity contribution is 0.0465. The Morgan fingerprint density at radius 2 is 2.27 bits per heavy atom. The number of rotatable bonds is 2. The van der Waals surface area contributed by atoms with Gasteiger partial charge < -0.3 is 15.4 Å². The van der Waals surface area contributed by atoms with Crippen LogP contribution >= 0.6 is 15.9 Å². The Kier molecular flexibility index (Phi) is 3.61. The van der Waals surface area contributed by atoms with Gasteiger partial charge in [-0.25, -0.2) is 0 Å². The van der Waals surface area contributed by atoms with Crippen LogP contribution in [-0.4, -0.2) is 32.3 Å². The van der Waals surface area contributed by atoms with Crippen molar-refractivity contribution < 1.29 is 4.74 Å². The minimum atomic E-state index is 0.158. The molecule has 1 aromatic carbocycles. The molecule has 3 nitrogen and oxygen atoms in total. The molecule has 4 heteroatoms. The quantitative estimate of drug-likeness (QED) is 0.888. The van der Waals surface area contributed by atoms with E-state index < -0.39 is 0 Å². The van der Waals surface area contributed by atoms with E-state index in [0.717, 1.165) is 24.2 Å². The lowest BCUT2D eigenvalue weighted by Crippen LogP contribution is -2.45. The number of hydrogen-bond donors (Lipinski definition) is 1. The molecule has 1 fully saturated rings. The summed E-state index contributed by atoms with van der Waals surface area (Å²) in [6.45, 7) is 3.14. The highest BCUT2D eigenvalue weighted by Crippen LogP contribution is 2.26. The van der Waals surface area contributed by atoms with Gasteiger partial charge in [0.2, 0.25) is 0 Å². The molecule has 0 spiro atoms. The Labute approximate surface area is 98.3 Å². The summed E-state index contributed by atoms with van der Waals surface area (Å²) in [5.41, 5.74) is 6.84. The van der Waals surface area contributed by atoms with Crippen LogP contribution in [0.2, 0.25) is 0 Å². The van der Waals surface area contributed by atoms with Crippen molar-refractivity contribution in [1.29, 1.82) is 0 Å². The fourth-order valence-corrected chi connectivity index (χ4v) is 2.32. The van der Waals surface area contributed by atoms with Crippen LogP contribution in [0.4, 0.5) is 5.69 Å². The molecule has 2 rings (SSSR count). The first kappa shape index (κ1) is 10.9. The normalized spacial score (nSPS) is 21.7. The standard InChI is InChI=1S/C11H15BrN2O/c12-10-3-1-2-4-11(10)14-5-6-15-9(7-13)8-14/h1-4,9H,5-8,13H2. The molecule has 1 saturated heterocycles. The number of anilines is 1. The third kappa shape index (κ3) is 2.51. The molecule has 0 aromatic heterocycles. The van der Waals surface area contributed by atoms with E-state index in [9.17, 15) is 0 Å². The Morgan fingerprint density at radius 3 is 3.00 bits per heavy atom. The number of para-hydroxylation sites is 1. The number of nitrogens with zero attached hydrogens (tertiary/aromatic N) is 1. The highest BCUT2D eigenvalue weighted by molar-refractivity contribution is 9.10.